The molecule has 0 aliphatic carbocycles. The molecule has 2 aromatic rings. The highest BCUT2D eigenvalue weighted by Gasteiger charge is 2.28. The summed E-state index contributed by atoms with van der Waals surface area (Å²) in [7, 11) is 0. The van der Waals surface area contributed by atoms with Crippen molar-refractivity contribution in [2.45, 2.75) is 26.7 Å². The van der Waals surface area contributed by atoms with E-state index in [1.165, 1.54) is 11.0 Å². The van der Waals surface area contributed by atoms with Crippen LogP contribution in [-0.2, 0) is 4.79 Å². The fourth-order valence-corrected chi connectivity index (χ4v) is 3.07. The summed E-state index contributed by atoms with van der Waals surface area (Å²) in [6, 6.07) is 3.73. The van der Waals surface area contributed by atoms with Crippen molar-refractivity contribution in [1.29, 1.82) is 0 Å². The third-order valence-corrected chi connectivity index (χ3v) is 4.69. The Kier molecular flexibility index (Phi) is 4.28. The van der Waals surface area contributed by atoms with E-state index in [1.807, 2.05) is 26.0 Å². The predicted octanol–water partition coefficient (Wildman–Crippen LogP) is 0.617. The highest BCUT2D eigenvalue weighted by Crippen LogP contribution is 2.25. The predicted molar refractivity (Wildman–Crippen MR) is 86.4 cm³/mol. The Morgan fingerprint density at radius 1 is 1.21 bits per heavy atom. The smallest absolute Gasteiger partial charge is 0.256 e. The number of primary amides is 1. The van der Waals surface area contributed by atoms with Crippen LogP contribution in [0.1, 0.15) is 34.3 Å². The molecule has 24 heavy (non-hydrogen) atoms. The Morgan fingerprint density at radius 3 is 2.50 bits per heavy atom. The van der Waals surface area contributed by atoms with Crippen molar-refractivity contribution in [3.63, 3.8) is 0 Å². The summed E-state index contributed by atoms with van der Waals surface area (Å²) in [6.07, 6.45) is 2.69. The van der Waals surface area contributed by atoms with Crippen LogP contribution in [0.25, 0.3) is 5.69 Å². The molecular weight excluding hydrogens is 308 g/mol. The van der Waals surface area contributed by atoms with Crippen LogP contribution in [0.5, 0.6) is 0 Å². The number of hydrogen-bond acceptors (Lipinski definition) is 5. The van der Waals surface area contributed by atoms with Crippen LogP contribution in [0.4, 0.5) is 0 Å². The number of tetrazole rings is 1. The minimum absolute atomic E-state index is 0.0773. The second-order valence-electron chi connectivity index (χ2n) is 6.13. The zero-order chi connectivity index (χ0) is 17.3. The SMILES string of the molecule is Cc1ccc(C(=O)N2CCC(C(N)=O)CC2)c(-n2cnnn2)c1C. The number of carbonyl (C=O) groups excluding carboxylic acids is 2. The van der Waals surface area contributed by atoms with E-state index < -0.39 is 0 Å². The maximum absolute atomic E-state index is 13.0. The number of benzene rings is 1. The maximum Gasteiger partial charge on any atom is 0.256 e. The normalized spacial score (nSPS) is 15.5. The Labute approximate surface area is 139 Å². The van der Waals surface area contributed by atoms with Gasteiger partial charge in [-0.3, -0.25) is 9.59 Å². The first kappa shape index (κ1) is 16.1. The van der Waals surface area contributed by atoms with Gasteiger partial charge in [-0.05, 0) is 54.3 Å². The summed E-state index contributed by atoms with van der Waals surface area (Å²) in [5.74, 6) is -0.512. The maximum atomic E-state index is 13.0. The number of nitrogens with two attached hydrogens (primary N) is 1. The lowest BCUT2D eigenvalue weighted by Gasteiger charge is -2.31. The number of nitrogens with zero attached hydrogens (tertiary/aromatic N) is 5. The Morgan fingerprint density at radius 2 is 1.92 bits per heavy atom. The van der Waals surface area contributed by atoms with Crippen molar-refractivity contribution < 1.29 is 9.59 Å². The van der Waals surface area contributed by atoms with Crippen molar-refractivity contribution in [1.82, 2.24) is 25.1 Å². The molecule has 1 aliphatic rings. The van der Waals surface area contributed by atoms with Gasteiger partial charge in [-0.15, -0.1) is 5.10 Å². The molecule has 1 aromatic heterocycles. The van der Waals surface area contributed by atoms with Crippen LogP contribution < -0.4 is 5.73 Å². The molecule has 1 saturated heterocycles. The first-order valence-electron chi connectivity index (χ1n) is 7.91. The highest BCUT2D eigenvalue weighted by molar-refractivity contribution is 5.98. The minimum Gasteiger partial charge on any atom is -0.369 e. The molecule has 0 spiro atoms. The van der Waals surface area contributed by atoms with Gasteiger partial charge in [0.1, 0.15) is 6.33 Å². The van der Waals surface area contributed by atoms with Crippen LogP contribution >= 0.6 is 0 Å². The number of rotatable bonds is 3. The Hall–Kier alpha value is -2.77. The van der Waals surface area contributed by atoms with E-state index in [9.17, 15) is 9.59 Å². The number of carbonyl (C=O) groups is 2. The van der Waals surface area contributed by atoms with Gasteiger partial charge in [-0.25, -0.2) is 0 Å². The molecule has 0 unspecified atom stereocenters. The molecular formula is C16H20N6O2. The molecule has 126 valence electrons. The summed E-state index contributed by atoms with van der Waals surface area (Å²) in [6.45, 7) is 4.97. The van der Waals surface area contributed by atoms with Crippen LogP contribution in [0.3, 0.4) is 0 Å². The van der Waals surface area contributed by atoms with E-state index in [1.54, 1.807) is 4.90 Å². The zero-order valence-electron chi connectivity index (χ0n) is 13.8. The lowest BCUT2D eigenvalue weighted by atomic mass is 9.95. The van der Waals surface area contributed by atoms with Gasteiger partial charge >= 0.3 is 0 Å². The molecule has 2 amide bonds. The molecule has 1 fully saturated rings. The lowest BCUT2D eigenvalue weighted by molar-refractivity contribution is -0.123. The Bertz CT molecular complexity index is 763. The number of likely N-dealkylation sites (tertiary alicyclic amines) is 1. The van der Waals surface area contributed by atoms with Gasteiger partial charge in [0.2, 0.25) is 5.91 Å². The number of hydrogen-bond donors (Lipinski definition) is 1. The van der Waals surface area contributed by atoms with Gasteiger partial charge in [0.15, 0.2) is 0 Å². The lowest BCUT2D eigenvalue weighted by Crippen LogP contribution is -2.42. The molecule has 8 heteroatoms. The van der Waals surface area contributed by atoms with Gasteiger partial charge in [0, 0.05) is 19.0 Å². The second-order valence-corrected chi connectivity index (χ2v) is 6.13. The van der Waals surface area contributed by atoms with E-state index >= 15 is 0 Å². The third kappa shape index (κ3) is 2.86. The summed E-state index contributed by atoms with van der Waals surface area (Å²) in [5, 5.41) is 11.3. The Balaban J connectivity index is 1.91. The van der Waals surface area contributed by atoms with E-state index in [-0.39, 0.29) is 17.7 Å². The van der Waals surface area contributed by atoms with Gasteiger partial charge in [0.05, 0.1) is 11.3 Å². The van der Waals surface area contributed by atoms with Crippen LogP contribution in [0.15, 0.2) is 18.5 Å². The van der Waals surface area contributed by atoms with Crippen LogP contribution in [0.2, 0.25) is 0 Å². The minimum atomic E-state index is -0.289. The number of aryl methyl sites for hydroxylation is 1. The summed E-state index contributed by atoms with van der Waals surface area (Å²) in [5.41, 5.74) is 8.63. The number of amides is 2. The molecule has 3 rings (SSSR count). The number of piperidine rings is 1. The molecule has 2 heterocycles. The van der Waals surface area contributed by atoms with E-state index in [0.29, 0.717) is 37.2 Å². The average molecular weight is 328 g/mol. The van der Waals surface area contributed by atoms with E-state index in [4.69, 9.17) is 5.73 Å². The largest absolute Gasteiger partial charge is 0.369 e. The average Bonchev–Trinajstić information content (AvgIpc) is 3.10. The first-order valence-corrected chi connectivity index (χ1v) is 7.91. The molecule has 0 bridgehead atoms. The third-order valence-electron chi connectivity index (χ3n) is 4.69. The van der Waals surface area contributed by atoms with Crippen molar-refractivity contribution in [3.05, 3.63) is 35.2 Å². The van der Waals surface area contributed by atoms with E-state index in [0.717, 1.165) is 11.1 Å². The topological polar surface area (TPSA) is 107 Å². The quantitative estimate of drug-likeness (QED) is 0.888. The van der Waals surface area contributed by atoms with Crippen LogP contribution in [-0.4, -0.2) is 50.0 Å². The fourth-order valence-electron chi connectivity index (χ4n) is 3.07. The van der Waals surface area contributed by atoms with Crippen LogP contribution in [0, 0.1) is 19.8 Å². The summed E-state index contributed by atoms with van der Waals surface area (Å²) in [4.78, 5) is 26.0. The highest BCUT2D eigenvalue weighted by atomic mass is 16.2. The number of aromatic nitrogens is 4. The van der Waals surface area contributed by atoms with Crippen molar-refractivity contribution in [2.75, 3.05) is 13.1 Å². The summed E-state index contributed by atoms with van der Waals surface area (Å²) < 4.78 is 1.52. The van der Waals surface area contributed by atoms with E-state index in [2.05, 4.69) is 15.5 Å². The molecule has 2 N–H and O–H groups in total. The molecule has 8 nitrogen and oxygen atoms in total. The van der Waals surface area contributed by atoms with Gasteiger partial charge < -0.3 is 10.6 Å². The molecule has 0 atom stereocenters. The molecule has 1 aromatic carbocycles. The zero-order valence-corrected chi connectivity index (χ0v) is 13.8. The monoisotopic (exact) mass is 328 g/mol. The molecule has 0 radical (unpaired) electrons. The summed E-state index contributed by atoms with van der Waals surface area (Å²) >= 11 is 0. The van der Waals surface area contributed by atoms with Crippen molar-refractivity contribution in [3.8, 4) is 5.69 Å². The molecule has 0 saturated carbocycles. The first-order chi connectivity index (χ1) is 11.5. The fraction of sp³-hybridized carbons (Fsp3) is 0.438. The molecule has 1 aliphatic heterocycles. The van der Waals surface area contributed by atoms with Crippen molar-refractivity contribution in [2.24, 2.45) is 11.7 Å². The standard InChI is InChI=1S/C16H20N6O2/c1-10-3-4-13(14(11(10)2)22-9-18-19-20-22)16(24)21-7-5-12(6-8-21)15(17)23/h3-4,9,12H,5-8H2,1-2H3,(H2,17,23). The van der Waals surface area contributed by atoms with Gasteiger partial charge in [-0.2, -0.15) is 4.68 Å². The van der Waals surface area contributed by atoms with Gasteiger partial charge in [-0.1, -0.05) is 6.07 Å². The van der Waals surface area contributed by atoms with Crippen molar-refractivity contribution >= 4 is 11.8 Å². The second kappa shape index (κ2) is 6.38. The van der Waals surface area contributed by atoms with Gasteiger partial charge in [0.25, 0.3) is 5.91 Å².